The molecule has 2 aliphatic carbocycles. The normalized spacial score (nSPS) is 29.0. The van der Waals surface area contributed by atoms with Crippen LogP contribution in [0.2, 0.25) is 0 Å². The van der Waals surface area contributed by atoms with Gasteiger partial charge < -0.3 is 4.90 Å². The number of carbonyl (C=O) groups excluding carboxylic acids is 2. The molecule has 1 aromatic rings. The van der Waals surface area contributed by atoms with Crippen LogP contribution in [0.15, 0.2) is 24.3 Å². The Kier molecular flexibility index (Phi) is 4.93. The highest BCUT2D eigenvalue weighted by molar-refractivity contribution is 7.90. The maximum Gasteiger partial charge on any atom is 0.327 e. The Hall–Kier alpha value is -2.00. The lowest BCUT2D eigenvalue weighted by Gasteiger charge is -2.47. The summed E-state index contributed by atoms with van der Waals surface area (Å²) in [6.45, 7) is 1.93. The number of carbonyl (C=O) groups is 2. The van der Waals surface area contributed by atoms with Gasteiger partial charge in [-0.1, -0.05) is 18.2 Å². The maximum atomic E-state index is 14.1. The van der Waals surface area contributed by atoms with E-state index in [1.54, 1.807) is 18.2 Å². The zero-order chi connectivity index (χ0) is 21.0. The first kappa shape index (κ1) is 20.3. The molecule has 3 atom stereocenters. The lowest BCUT2D eigenvalue weighted by atomic mass is 9.80. The maximum absolute atomic E-state index is 14.1. The van der Waals surface area contributed by atoms with Crippen LogP contribution in [-0.4, -0.2) is 54.0 Å². The summed E-state index contributed by atoms with van der Waals surface area (Å²) in [5, 5.41) is -0.665. The van der Waals surface area contributed by atoms with Crippen molar-refractivity contribution < 1.29 is 22.4 Å². The van der Waals surface area contributed by atoms with Gasteiger partial charge in [0.1, 0.15) is 5.82 Å². The van der Waals surface area contributed by atoms with Crippen molar-refractivity contribution in [3.63, 3.8) is 0 Å². The Balaban J connectivity index is 1.56. The summed E-state index contributed by atoms with van der Waals surface area (Å²) >= 11 is 0. The van der Waals surface area contributed by atoms with Crippen LogP contribution in [-0.2, 0) is 21.4 Å². The highest BCUT2D eigenvalue weighted by Crippen LogP contribution is 2.40. The summed E-state index contributed by atoms with van der Waals surface area (Å²) < 4.78 is 42.6. The Morgan fingerprint density at radius 3 is 2.55 bits per heavy atom. The summed E-state index contributed by atoms with van der Waals surface area (Å²) in [6, 6.07) is 5.35. The van der Waals surface area contributed by atoms with Crippen molar-refractivity contribution in [1.29, 1.82) is 0 Å². The Labute approximate surface area is 170 Å². The molecule has 1 aliphatic heterocycles. The lowest BCUT2D eigenvalue weighted by Crippen LogP contribution is -2.62. The molecule has 3 fully saturated rings. The van der Waals surface area contributed by atoms with Gasteiger partial charge in [-0.05, 0) is 45.1 Å². The van der Waals surface area contributed by atoms with Crippen molar-refractivity contribution in [2.45, 2.75) is 62.4 Å². The van der Waals surface area contributed by atoms with Crippen molar-refractivity contribution in [2.75, 3.05) is 7.05 Å². The first-order valence-electron chi connectivity index (χ1n) is 9.96. The number of halogens is 1. The molecule has 0 radical (unpaired) electrons. The Morgan fingerprint density at radius 1 is 1.21 bits per heavy atom. The van der Waals surface area contributed by atoms with E-state index < -0.39 is 39.1 Å². The van der Waals surface area contributed by atoms with Crippen molar-refractivity contribution in [3.05, 3.63) is 35.6 Å². The van der Waals surface area contributed by atoms with Gasteiger partial charge in [0, 0.05) is 24.2 Å². The van der Waals surface area contributed by atoms with E-state index in [0.29, 0.717) is 18.4 Å². The zero-order valence-electron chi connectivity index (χ0n) is 16.6. The third kappa shape index (κ3) is 3.77. The summed E-state index contributed by atoms with van der Waals surface area (Å²) in [5.41, 5.74) is 0.0102. The number of hydrogen-bond acceptors (Lipinski definition) is 4. The minimum Gasteiger partial charge on any atom is -0.316 e. The van der Waals surface area contributed by atoms with Crippen LogP contribution in [0, 0.1) is 11.7 Å². The first-order chi connectivity index (χ1) is 13.6. The van der Waals surface area contributed by atoms with E-state index in [0.717, 1.165) is 17.7 Å². The monoisotopic (exact) mass is 423 g/mol. The molecule has 1 aromatic carbocycles. The van der Waals surface area contributed by atoms with Crippen LogP contribution in [0.1, 0.15) is 44.6 Å². The van der Waals surface area contributed by atoms with E-state index in [9.17, 15) is 22.4 Å². The molecular formula is C20H26FN3O4S. The van der Waals surface area contributed by atoms with Crippen molar-refractivity contribution in [1.82, 2.24) is 14.5 Å². The predicted molar refractivity (Wildman–Crippen MR) is 105 cm³/mol. The number of sulfonamides is 1. The van der Waals surface area contributed by atoms with Gasteiger partial charge in [-0.3, -0.25) is 9.69 Å². The number of nitrogens with one attached hydrogen (secondary N) is 1. The average Bonchev–Trinajstić information content (AvgIpc) is 3.40. The molecular weight excluding hydrogens is 397 g/mol. The van der Waals surface area contributed by atoms with Gasteiger partial charge in [-0.2, -0.15) is 0 Å². The highest BCUT2D eigenvalue weighted by atomic mass is 32.2. The van der Waals surface area contributed by atoms with Gasteiger partial charge in [0.2, 0.25) is 15.9 Å². The Bertz CT molecular complexity index is 947. The van der Waals surface area contributed by atoms with Gasteiger partial charge >= 0.3 is 6.03 Å². The summed E-state index contributed by atoms with van der Waals surface area (Å²) in [6.07, 6.45) is 2.56. The van der Waals surface area contributed by atoms with Gasteiger partial charge in [0.25, 0.3) is 0 Å². The van der Waals surface area contributed by atoms with Crippen molar-refractivity contribution in [3.8, 4) is 0 Å². The topological polar surface area (TPSA) is 86.8 Å². The molecule has 1 N–H and O–H groups in total. The molecule has 1 heterocycles. The van der Waals surface area contributed by atoms with E-state index in [1.807, 2.05) is 6.92 Å². The van der Waals surface area contributed by atoms with Crippen LogP contribution in [0.3, 0.4) is 0 Å². The quantitative estimate of drug-likeness (QED) is 0.787. The SMILES string of the molecule is CN1C(=O)C2CC(S(=O)(=O)NC3(C)CC3)CCC2N(Cc2ccccc2F)C1=O. The number of fused-ring (bicyclic) bond motifs is 1. The second-order valence-electron chi connectivity index (χ2n) is 8.72. The number of rotatable bonds is 5. The number of urea groups is 1. The molecule has 7 nitrogen and oxygen atoms in total. The molecule has 3 amide bonds. The molecule has 1 saturated heterocycles. The highest BCUT2D eigenvalue weighted by Gasteiger charge is 2.51. The second-order valence-corrected chi connectivity index (χ2v) is 10.7. The number of hydrogen-bond donors (Lipinski definition) is 1. The van der Waals surface area contributed by atoms with E-state index in [2.05, 4.69) is 4.72 Å². The molecule has 9 heteroatoms. The van der Waals surface area contributed by atoms with Gasteiger partial charge in [-0.15, -0.1) is 0 Å². The summed E-state index contributed by atoms with van der Waals surface area (Å²) in [7, 11) is -2.15. The van der Waals surface area contributed by atoms with Gasteiger partial charge in [0.05, 0.1) is 17.7 Å². The fraction of sp³-hybridized carbons (Fsp3) is 0.600. The Morgan fingerprint density at radius 2 is 1.90 bits per heavy atom. The first-order valence-corrected chi connectivity index (χ1v) is 11.5. The summed E-state index contributed by atoms with van der Waals surface area (Å²) in [4.78, 5) is 28.1. The minimum atomic E-state index is -3.55. The standard InChI is InChI=1S/C20H26FN3O4S/c1-20(9-10-20)22-29(27,28)14-7-8-17-15(11-14)18(25)23(2)19(26)24(17)12-13-5-3-4-6-16(13)21/h3-6,14-15,17,22H,7-12H2,1-2H3. The zero-order valence-corrected chi connectivity index (χ0v) is 17.4. The number of benzene rings is 1. The third-order valence-corrected chi connectivity index (χ3v) is 8.56. The fourth-order valence-corrected chi connectivity index (χ4v) is 6.39. The van der Waals surface area contributed by atoms with Crippen LogP contribution in [0.25, 0.3) is 0 Å². The van der Waals surface area contributed by atoms with Crippen molar-refractivity contribution in [2.24, 2.45) is 5.92 Å². The molecule has 4 rings (SSSR count). The molecule has 2 saturated carbocycles. The van der Waals surface area contributed by atoms with E-state index in [-0.39, 0.29) is 24.4 Å². The molecule has 158 valence electrons. The lowest BCUT2D eigenvalue weighted by molar-refractivity contribution is -0.139. The predicted octanol–water partition coefficient (Wildman–Crippen LogP) is 2.23. The molecule has 0 aromatic heterocycles. The molecule has 0 spiro atoms. The number of imide groups is 1. The van der Waals surface area contributed by atoms with E-state index in [4.69, 9.17) is 0 Å². The van der Waals surface area contributed by atoms with Crippen molar-refractivity contribution >= 4 is 22.0 Å². The van der Waals surface area contributed by atoms with Crippen LogP contribution in [0.4, 0.5) is 9.18 Å². The van der Waals surface area contributed by atoms with E-state index >= 15 is 0 Å². The van der Waals surface area contributed by atoms with Gasteiger partial charge in [-0.25, -0.2) is 22.3 Å². The molecule has 3 aliphatic rings. The van der Waals surface area contributed by atoms with Crippen LogP contribution >= 0.6 is 0 Å². The fourth-order valence-electron chi connectivity index (χ4n) is 4.43. The third-order valence-electron chi connectivity index (χ3n) is 6.47. The van der Waals surface area contributed by atoms with Crippen LogP contribution < -0.4 is 4.72 Å². The molecule has 3 unspecified atom stereocenters. The van der Waals surface area contributed by atoms with E-state index in [1.165, 1.54) is 18.0 Å². The smallest absolute Gasteiger partial charge is 0.316 e. The summed E-state index contributed by atoms with van der Waals surface area (Å²) in [5.74, 6) is -1.37. The largest absolute Gasteiger partial charge is 0.327 e. The number of amides is 3. The number of nitrogens with zero attached hydrogens (tertiary/aromatic N) is 2. The van der Waals surface area contributed by atoms with Crippen LogP contribution in [0.5, 0.6) is 0 Å². The molecule has 29 heavy (non-hydrogen) atoms. The van der Waals surface area contributed by atoms with Gasteiger partial charge in [0.15, 0.2) is 0 Å². The molecule has 0 bridgehead atoms. The second kappa shape index (κ2) is 7.05. The minimum absolute atomic E-state index is 0.0536. The average molecular weight is 424 g/mol.